The molecule has 1 aliphatic heterocycles. The lowest BCUT2D eigenvalue weighted by molar-refractivity contribution is 0.184. The summed E-state index contributed by atoms with van der Waals surface area (Å²) in [5, 5.41) is 11.8. The number of hydrazine groups is 1. The summed E-state index contributed by atoms with van der Waals surface area (Å²) in [6, 6.07) is 8.02. The first-order valence-corrected chi connectivity index (χ1v) is 5.95. The van der Waals surface area contributed by atoms with Gasteiger partial charge in [-0.2, -0.15) is 0 Å². The molecule has 1 aliphatic rings. The van der Waals surface area contributed by atoms with Crippen LogP contribution in [0.1, 0.15) is 18.1 Å². The Morgan fingerprint density at radius 3 is 2.72 bits per heavy atom. The van der Waals surface area contributed by atoms with Crippen molar-refractivity contribution in [3.05, 3.63) is 53.2 Å². The number of nitrogens with one attached hydrogen (secondary N) is 1. The van der Waals surface area contributed by atoms with Crippen molar-refractivity contribution in [3.8, 4) is 0 Å². The number of allylic oxidation sites excluding steroid dienone is 1. The molecule has 0 radical (unpaired) electrons. The molecule has 1 aromatic rings. The Hall–Kier alpha value is -2.10. The summed E-state index contributed by atoms with van der Waals surface area (Å²) in [5.74, 6) is 0.793. The van der Waals surface area contributed by atoms with Crippen LogP contribution < -0.4 is 5.43 Å². The predicted octanol–water partition coefficient (Wildman–Crippen LogP) is 2.41. The molecule has 0 spiro atoms. The second-order valence-electron chi connectivity index (χ2n) is 4.11. The number of hydrogen-bond acceptors (Lipinski definition) is 4. The topological polar surface area (TPSA) is 44.7 Å². The summed E-state index contributed by atoms with van der Waals surface area (Å²) in [6.45, 7) is 2.09. The summed E-state index contributed by atoms with van der Waals surface area (Å²) in [4.78, 5) is 0. The maximum Gasteiger partial charge on any atom is 0.217 e. The summed E-state index contributed by atoms with van der Waals surface area (Å²) in [7, 11) is 3.35. The molecule has 0 atom stereocenters. The zero-order valence-corrected chi connectivity index (χ0v) is 10.9. The lowest BCUT2D eigenvalue weighted by Gasteiger charge is -2.27. The van der Waals surface area contributed by atoms with Gasteiger partial charge in [-0.25, -0.2) is 0 Å². The van der Waals surface area contributed by atoms with E-state index in [1.807, 2.05) is 18.2 Å². The SMILES string of the molecule is CCc1ccccc1C1=C(O)N(C)NC=C1OC. The van der Waals surface area contributed by atoms with E-state index in [0.717, 1.165) is 17.6 Å². The van der Waals surface area contributed by atoms with Gasteiger partial charge in [-0.1, -0.05) is 31.2 Å². The van der Waals surface area contributed by atoms with Gasteiger partial charge < -0.3 is 9.84 Å². The largest absolute Gasteiger partial charge is 0.494 e. The van der Waals surface area contributed by atoms with Gasteiger partial charge in [-0.05, 0) is 17.5 Å². The van der Waals surface area contributed by atoms with Crippen LogP contribution in [0.2, 0.25) is 0 Å². The fourth-order valence-electron chi connectivity index (χ4n) is 2.05. The van der Waals surface area contributed by atoms with Crippen molar-refractivity contribution in [1.29, 1.82) is 0 Å². The van der Waals surface area contributed by atoms with Gasteiger partial charge in [0, 0.05) is 7.05 Å². The average Bonchev–Trinajstić information content (AvgIpc) is 2.41. The number of ether oxygens (including phenoxy) is 1. The first-order valence-electron chi connectivity index (χ1n) is 5.95. The summed E-state index contributed by atoms with van der Waals surface area (Å²) in [5.41, 5.74) is 5.80. The van der Waals surface area contributed by atoms with E-state index in [2.05, 4.69) is 18.4 Å². The van der Waals surface area contributed by atoms with Crippen LogP contribution in [0.15, 0.2) is 42.1 Å². The zero-order chi connectivity index (χ0) is 13.1. The van der Waals surface area contributed by atoms with Gasteiger partial charge in [0.25, 0.3) is 0 Å². The Morgan fingerprint density at radius 1 is 1.33 bits per heavy atom. The highest BCUT2D eigenvalue weighted by Gasteiger charge is 2.23. The molecule has 0 saturated heterocycles. The van der Waals surface area contributed by atoms with Crippen molar-refractivity contribution in [1.82, 2.24) is 10.4 Å². The predicted molar refractivity (Wildman–Crippen MR) is 71.4 cm³/mol. The summed E-state index contributed by atoms with van der Waals surface area (Å²) < 4.78 is 5.33. The molecule has 0 saturated carbocycles. The van der Waals surface area contributed by atoms with Gasteiger partial charge in [0.15, 0.2) is 0 Å². The highest BCUT2D eigenvalue weighted by Crippen LogP contribution is 2.31. The van der Waals surface area contributed by atoms with Crippen molar-refractivity contribution in [2.45, 2.75) is 13.3 Å². The van der Waals surface area contributed by atoms with Gasteiger partial charge in [0.2, 0.25) is 5.88 Å². The lowest BCUT2D eigenvalue weighted by atomic mass is 9.96. The van der Waals surface area contributed by atoms with Crippen LogP contribution in [-0.2, 0) is 11.2 Å². The first kappa shape index (κ1) is 12.4. The highest BCUT2D eigenvalue weighted by atomic mass is 16.5. The number of hydrogen-bond donors (Lipinski definition) is 2. The van der Waals surface area contributed by atoms with Crippen LogP contribution in [0, 0.1) is 0 Å². The minimum absolute atomic E-state index is 0.162. The lowest BCUT2D eigenvalue weighted by Crippen LogP contribution is -2.34. The zero-order valence-electron chi connectivity index (χ0n) is 10.9. The molecular weight excluding hydrogens is 228 g/mol. The fraction of sp³-hybridized carbons (Fsp3) is 0.286. The van der Waals surface area contributed by atoms with Crippen LogP contribution in [0.3, 0.4) is 0 Å². The third-order valence-corrected chi connectivity index (χ3v) is 3.06. The first-order chi connectivity index (χ1) is 8.69. The van der Waals surface area contributed by atoms with E-state index in [-0.39, 0.29) is 5.88 Å². The molecule has 0 aliphatic carbocycles. The standard InChI is InChI=1S/C14H18N2O2/c1-4-10-7-5-6-8-11(10)13-12(18-3)9-15-16(2)14(13)17/h5-9,15,17H,4H2,1-3H3. The molecule has 4 heteroatoms. The normalized spacial score (nSPS) is 15.3. The number of aliphatic hydroxyl groups is 1. The summed E-state index contributed by atoms with van der Waals surface area (Å²) >= 11 is 0. The second-order valence-corrected chi connectivity index (χ2v) is 4.11. The molecule has 0 aromatic heterocycles. The van der Waals surface area contributed by atoms with Gasteiger partial charge in [0.05, 0.1) is 18.9 Å². The van der Waals surface area contributed by atoms with E-state index in [4.69, 9.17) is 4.74 Å². The molecule has 0 bridgehead atoms. The number of methoxy groups -OCH3 is 1. The van der Waals surface area contributed by atoms with Crippen LogP contribution in [0.25, 0.3) is 5.57 Å². The Labute approximate surface area is 107 Å². The number of benzene rings is 1. The summed E-state index contributed by atoms with van der Waals surface area (Å²) in [6.07, 6.45) is 2.64. The maximum atomic E-state index is 10.2. The van der Waals surface area contributed by atoms with Gasteiger partial charge in [-0.3, -0.25) is 10.4 Å². The highest BCUT2D eigenvalue weighted by molar-refractivity contribution is 5.80. The van der Waals surface area contributed by atoms with Crippen LogP contribution in [0.4, 0.5) is 0 Å². The number of rotatable bonds is 3. The minimum atomic E-state index is 0.162. The quantitative estimate of drug-likeness (QED) is 0.859. The monoisotopic (exact) mass is 246 g/mol. The van der Waals surface area contributed by atoms with E-state index < -0.39 is 0 Å². The van der Waals surface area contributed by atoms with Crippen LogP contribution in [0.5, 0.6) is 0 Å². The minimum Gasteiger partial charge on any atom is -0.494 e. The molecule has 2 rings (SSSR count). The van der Waals surface area contributed by atoms with Gasteiger partial charge in [-0.15, -0.1) is 0 Å². The van der Waals surface area contributed by atoms with Crippen molar-refractivity contribution < 1.29 is 9.84 Å². The number of aliphatic hydroxyl groups excluding tert-OH is 1. The molecule has 96 valence electrons. The van der Waals surface area contributed by atoms with Crippen molar-refractivity contribution in [3.63, 3.8) is 0 Å². The molecule has 2 N–H and O–H groups in total. The average molecular weight is 246 g/mol. The van der Waals surface area contributed by atoms with E-state index in [0.29, 0.717) is 5.76 Å². The molecule has 0 fully saturated rings. The van der Waals surface area contributed by atoms with E-state index in [9.17, 15) is 5.11 Å². The van der Waals surface area contributed by atoms with E-state index >= 15 is 0 Å². The van der Waals surface area contributed by atoms with Gasteiger partial charge in [0.1, 0.15) is 5.76 Å². The Balaban J connectivity index is 2.58. The number of aryl methyl sites for hydroxylation is 1. The molecule has 0 unspecified atom stereocenters. The molecule has 1 heterocycles. The third-order valence-electron chi connectivity index (χ3n) is 3.06. The number of nitrogens with zero attached hydrogens (tertiary/aromatic N) is 1. The van der Waals surface area contributed by atoms with E-state index in [1.165, 1.54) is 5.56 Å². The Bertz CT molecular complexity index is 506. The van der Waals surface area contributed by atoms with Crippen LogP contribution >= 0.6 is 0 Å². The molecule has 4 nitrogen and oxygen atoms in total. The molecule has 18 heavy (non-hydrogen) atoms. The third kappa shape index (κ3) is 2.01. The smallest absolute Gasteiger partial charge is 0.217 e. The fourth-order valence-corrected chi connectivity index (χ4v) is 2.05. The molecular formula is C14H18N2O2. The van der Waals surface area contributed by atoms with Crippen molar-refractivity contribution in [2.24, 2.45) is 0 Å². The van der Waals surface area contributed by atoms with E-state index in [1.54, 1.807) is 25.4 Å². The Kier molecular flexibility index (Phi) is 3.46. The molecule has 0 amide bonds. The van der Waals surface area contributed by atoms with Crippen molar-refractivity contribution in [2.75, 3.05) is 14.2 Å². The van der Waals surface area contributed by atoms with Crippen molar-refractivity contribution >= 4 is 5.57 Å². The Morgan fingerprint density at radius 2 is 2.06 bits per heavy atom. The second kappa shape index (κ2) is 5.04. The molecule has 1 aromatic carbocycles. The van der Waals surface area contributed by atoms with Crippen LogP contribution in [-0.4, -0.2) is 24.3 Å². The maximum absolute atomic E-state index is 10.2. The van der Waals surface area contributed by atoms with Gasteiger partial charge >= 0.3 is 0 Å².